The molecule has 0 saturated carbocycles. The molecule has 0 spiro atoms. The van der Waals surface area contributed by atoms with Crippen molar-refractivity contribution in [3.63, 3.8) is 0 Å². The van der Waals surface area contributed by atoms with Gasteiger partial charge >= 0.3 is 0 Å². The molecule has 1 fully saturated rings. The molecule has 4 N–H and O–H groups in total. The quantitative estimate of drug-likeness (QED) is 0.716. The lowest BCUT2D eigenvalue weighted by atomic mass is 10.2. The van der Waals surface area contributed by atoms with E-state index in [4.69, 9.17) is 10.5 Å². The van der Waals surface area contributed by atoms with Crippen molar-refractivity contribution < 1.29 is 17.9 Å². The van der Waals surface area contributed by atoms with Gasteiger partial charge in [-0.2, -0.15) is 0 Å². The van der Waals surface area contributed by atoms with E-state index in [9.17, 15) is 13.2 Å². The maximum absolute atomic E-state index is 12.5. The zero-order chi connectivity index (χ0) is 16.2. The second-order valence-corrected chi connectivity index (χ2v) is 6.96. The number of rotatable bonds is 5. The van der Waals surface area contributed by atoms with Crippen LogP contribution in [0.25, 0.3) is 0 Å². The van der Waals surface area contributed by atoms with Gasteiger partial charge < -0.3 is 15.8 Å². The number of nitrogens with two attached hydrogens (primary N) is 1. The smallest absolute Gasteiger partial charge is 0.252 e. The molecular formula is C14H21N3O4S. The maximum atomic E-state index is 12.5. The van der Waals surface area contributed by atoms with Crippen LogP contribution in [0.15, 0.2) is 23.1 Å². The molecule has 1 aliphatic rings. The molecule has 0 aliphatic carbocycles. The second kappa shape index (κ2) is 7.08. The van der Waals surface area contributed by atoms with E-state index in [1.165, 1.54) is 25.3 Å². The highest BCUT2D eigenvalue weighted by atomic mass is 32.2. The summed E-state index contributed by atoms with van der Waals surface area (Å²) in [6.07, 6.45) is 2.78. The van der Waals surface area contributed by atoms with E-state index in [0.29, 0.717) is 6.54 Å². The van der Waals surface area contributed by atoms with Crippen LogP contribution < -0.4 is 20.5 Å². The molecular weight excluding hydrogens is 306 g/mol. The fraction of sp³-hybridized carbons (Fsp3) is 0.500. The van der Waals surface area contributed by atoms with Gasteiger partial charge in [-0.3, -0.25) is 4.79 Å². The first-order valence-corrected chi connectivity index (χ1v) is 8.63. The molecule has 0 bridgehead atoms. The number of methoxy groups -OCH3 is 1. The van der Waals surface area contributed by atoms with Crippen LogP contribution in [0.1, 0.15) is 29.6 Å². The van der Waals surface area contributed by atoms with E-state index in [0.717, 1.165) is 25.8 Å². The Kier molecular flexibility index (Phi) is 5.38. The summed E-state index contributed by atoms with van der Waals surface area (Å²) in [5, 5.41) is 3.20. The van der Waals surface area contributed by atoms with Gasteiger partial charge in [0.1, 0.15) is 5.75 Å². The van der Waals surface area contributed by atoms with E-state index in [1.807, 2.05) is 0 Å². The summed E-state index contributed by atoms with van der Waals surface area (Å²) < 4.78 is 32.6. The number of amides is 1. The predicted octanol–water partition coefficient (Wildman–Crippen LogP) is 0.215. The number of benzene rings is 1. The summed E-state index contributed by atoms with van der Waals surface area (Å²) in [6.45, 7) is 1.49. The Bertz CT molecular complexity index is 637. The Morgan fingerprint density at radius 1 is 1.41 bits per heavy atom. The van der Waals surface area contributed by atoms with Gasteiger partial charge in [-0.25, -0.2) is 13.1 Å². The summed E-state index contributed by atoms with van der Waals surface area (Å²) in [5.74, 6) is -0.479. The Labute approximate surface area is 130 Å². The summed E-state index contributed by atoms with van der Waals surface area (Å²) in [7, 11) is -2.32. The van der Waals surface area contributed by atoms with Crippen LogP contribution in [-0.4, -0.2) is 40.6 Å². The molecule has 1 atom stereocenters. The maximum Gasteiger partial charge on any atom is 0.252 e. The van der Waals surface area contributed by atoms with Crippen LogP contribution in [0.2, 0.25) is 0 Å². The lowest BCUT2D eigenvalue weighted by Crippen LogP contribution is -2.40. The summed E-state index contributed by atoms with van der Waals surface area (Å²) in [6, 6.07) is 3.91. The Balaban J connectivity index is 2.25. The van der Waals surface area contributed by atoms with Crippen LogP contribution in [-0.2, 0) is 10.0 Å². The third-order valence-corrected chi connectivity index (χ3v) is 5.13. The van der Waals surface area contributed by atoms with Crippen molar-refractivity contribution in [1.82, 2.24) is 10.0 Å². The zero-order valence-electron chi connectivity index (χ0n) is 12.5. The van der Waals surface area contributed by atoms with E-state index >= 15 is 0 Å². The minimum Gasteiger partial charge on any atom is -0.496 e. The number of carbonyl (C=O) groups is 1. The minimum absolute atomic E-state index is 0.00588. The summed E-state index contributed by atoms with van der Waals surface area (Å²) >= 11 is 0. The van der Waals surface area contributed by atoms with E-state index in [-0.39, 0.29) is 22.3 Å². The molecule has 22 heavy (non-hydrogen) atoms. The average Bonchev–Trinajstić information content (AvgIpc) is 2.74. The normalized spacial score (nSPS) is 19.4. The number of primary amides is 1. The van der Waals surface area contributed by atoms with Crippen LogP contribution in [0.3, 0.4) is 0 Å². The third-order valence-electron chi connectivity index (χ3n) is 3.62. The van der Waals surface area contributed by atoms with Crippen LogP contribution >= 0.6 is 0 Å². The van der Waals surface area contributed by atoms with Gasteiger partial charge in [0.15, 0.2) is 0 Å². The fourth-order valence-electron chi connectivity index (χ4n) is 2.45. The molecule has 1 heterocycles. The Morgan fingerprint density at radius 2 is 2.18 bits per heavy atom. The van der Waals surface area contributed by atoms with Crippen LogP contribution in [0.4, 0.5) is 0 Å². The highest BCUT2D eigenvalue weighted by Crippen LogP contribution is 2.22. The van der Waals surface area contributed by atoms with E-state index in [2.05, 4.69) is 10.0 Å². The number of ether oxygens (including phenoxy) is 1. The van der Waals surface area contributed by atoms with Crippen molar-refractivity contribution in [3.05, 3.63) is 23.8 Å². The third kappa shape index (κ3) is 3.96. The van der Waals surface area contributed by atoms with Gasteiger partial charge in [0.25, 0.3) is 5.91 Å². The molecule has 1 aromatic carbocycles. The van der Waals surface area contributed by atoms with Crippen molar-refractivity contribution in [2.45, 2.75) is 30.2 Å². The van der Waals surface area contributed by atoms with Gasteiger partial charge in [0, 0.05) is 12.6 Å². The molecule has 8 heteroatoms. The van der Waals surface area contributed by atoms with Crippen molar-refractivity contribution in [1.29, 1.82) is 0 Å². The number of nitrogens with one attached hydrogen (secondary N) is 2. The number of sulfonamides is 1. The predicted molar refractivity (Wildman–Crippen MR) is 82.3 cm³/mol. The van der Waals surface area contributed by atoms with Crippen LogP contribution in [0, 0.1) is 0 Å². The van der Waals surface area contributed by atoms with Crippen molar-refractivity contribution in [3.8, 4) is 5.75 Å². The van der Waals surface area contributed by atoms with E-state index in [1.54, 1.807) is 0 Å². The Morgan fingerprint density at radius 3 is 2.86 bits per heavy atom. The van der Waals surface area contributed by atoms with E-state index < -0.39 is 15.9 Å². The molecule has 1 aromatic rings. The molecule has 1 aliphatic heterocycles. The van der Waals surface area contributed by atoms with Gasteiger partial charge in [-0.15, -0.1) is 0 Å². The van der Waals surface area contributed by atoms with Gasteiger partial charge in [-0.1, -0.05) is 6.42 Å². The molecule has 1 amide bonds. The number of carbonyl (C=O) groups excluding carboxylic acids is 1. The fourth-order valence-corrected chi connectivity index (χ4v) is 3.75. The first-order chi connectivity index (χ1) is 10.4. The highest BCUT2D eigenvalue weighted by Gasteiger charge is 2.23. The minimum atomic E-state index is -3.71. The first kappa shape index (κ1) is 16.7. The Hall–Kier alpha value is -1.64. The molecule has 1 unspecified atom stereocenters. The molecule has 1 saturated heterocycles. The van der Waals surface area contributed by atoms with Gasteiger partial charge in [0.2, 0.25) is 10.0 Å². The number of hydrogen-bond donors (Lipinski definition) is 3. The van der Waals surface area contributed by atoms with Crippen molar-refractivity contribution in [2.75, 3.05) is 20.2 Å². The lowest BCUT2D eigenvalue weighted by Gasteiger charge is -2.17. The van der Waals surface area contributed by atoms with Crippen LogP contribution in [0.5, 0.6) is 5.75 Å². The van der Waals surface area contributed by atoms with Crippen molar-refractivity contribution in [2.24, 2.45) is 5.73 Å². The summed E-state index contributed by atoms with van der Waals surface area (Å²) in [4.78, 5) is 11.4. The zero-order valence-corrected chi connectivity index (χ0v) is 13.3. The summed E-state index contributed by atoms with van der Waals surface area (Å²) in [5.41, 5.74) is 5.31. The largest absolute Gasteiger partial charge is 0.496 e. The lowest BCUT2D eigenvalue weighted by molar-refractivity contribution is 0.0997. The SMILES string of the molecule is COc1ccc(S(=O)(=O)NC2CCCCNC2)cc1C(N)=O. The monoisotopic (exact) mass is 327 g/mol. The number of hydrogen-bond acceptors (Lipinski definition) is 5. The van der Waals surface area contributed by atoms with Crippen molar-refractivity contribution >= 4 is 15.9 Å². The molecule has 2 rings (SSSR count). The topological polar surface area (TPSA) is 111 Å². The second-order valence-electron chi connectivity index (χ2n) is 5.24. The highest BCUT2D eigenvalue weighted by molar-refractivity contribution is 7.89. The molecule has 7 nitrogen and oxygen atoms in total. The molecule has 0 radical (unpaired) electrons. The first-order valence-electron chi connectivity index (χ1n) is 7.15. The molecule has 122 valence electrons. The van der Waals surface area contributed by atoms with Gasteiger partial charge in [-0.05, 0) is 37.6 Å². The average molecular weight is 327 g/mol. The van der Waals surface area contributed by atoms with Gasteiger partial charge in [0.05, 0.1) is 17.6 Å². The molecule has 0 aromatic heterocycles. The standard InChI is InChI=1S/C14H21N3O4S/c1-21-13-6-5-11(8-12(13)14(15)18)22(19,20)17-10-4-2-3-7-16-9-10/h5-6,8,10,16-17H,2-4,7,9H2,1H3,(H2,15,18).